The van der Waals surface area contributed by atoms with Crippen LogP contribution < -0.4 is 5.73 Å². The van der Waals surface area contributed by atoms with E-state index in [1.54, 1.807) is 17.0 Å². The number of nitrogens with zero attached hydrogens (tertiary/aromatic N) is 1. The largest absolute Gasteiger partial charge is 0.399 e. The van der Waals surface area contributed by atoms with Gasteiger partial charge in [-0.1, -0.05) is 12.1 Å². The van der Waals surface area contributed by atoms with Crippen LogP contribution in [0.3, 0.4) is 0 Å². The minimum Gasteiger partial charge on any atom is -0.399 e. The minimum absolute atomic E-state index is 0.202. The summed E-state index contributed by atoms with van der Waals surface area (Å²) in [5, 5.41) is 0. The van der Waals surface area contributed by atoms with Gasteiger partial charge in [-0.25, -0.2) is 4.39 Å². The molecule has 0 unspecified atom stereocenters. The molecule has 0 aliphatic carbocycles. The Morgan fingerprint density at radius 3 is 2.67 bits per heavy atom. The average Bonchev–Trinajstić information content (AvgIpc) is 2.47. The van der Waals surface area contributed by atoms with Crippen LogP contribution in [0.25, 0.3) is 0 Å². The zero-order valence-corrected chi connectivity index (χ0v) is 13.2. The highest BCUT2D eigenvalue weighted by molar-refractivity contribution is 9.10. The van der Waals surface area contributed by atoms with Crippen molar-refractivity contribution in [3.8, 4) is 0 Å². The summed E-state index contributed by atoms with van der Waals surface area (Å²) in [5.41, 5.74) is 7.68. The van der Waals surface area contributed by atoms with Crippen LogP contribution in [0.1, 0.15) is 22.8 Å². The molecule has 2 rings (SSSR count). The van der Waals surface area contributed by atoms with E-state index in [-0.39, 0.29) is 5.91 Å². The fraction of sp³-hybridized carbons (Fsp3) is 0.188. The fourth-order valence-electron chi connectivity index (χ4n) is 2.05. The van der Waals surface area contributed by atoms with Crippen molar-refractivity contribution in [2.75, 3.05) is 12.3 Å². The van der Waals surface area contributed by atoms with Gasteiger partial charge in [-0.3, -0.25) is 4.79 Å². The standard InChI is InChI=1S/C16H16BrFN2O/c1-2-20(10-11-4-3-5-13(19)8-11)16(21)12-6-7-14(17)15(18)9-12/h3-9H,2,10,19H2,1H3. The van der Waals surface area contributed by atoms with Gasteiger partial charge in [0.15, 0.2) is 0 Å². The molecule has 0 fully saturated rings. The van der Waals surface area contributed by atoms with E-state index >= 15 is 0 Å². The van der Waals surface area contributed by atoms with Crippen molar-refractivity contribution in [3.05, 3.63) is 63.9 Å². The quantitative estimate of drug-likeness (QED) is 0.851. The van der Waals surface area contributed by atoms with Crippen molar-refractivity contribution in [1.82, 2.24) is 4.90 Å². The first-order chi connectivity index (χ1) is 10.0. The number of rotatable bonds is 4. The van der Waals surface area contributed by atoms with Crippen molar-refractivity contribution < 1.29 is 9.18 Å². The van der Waals surface area contributed by atoms with Crippen LogP contribution >= 0.6 is 15.9 Å². The van der Waals surface area contributed by atoms with E-state index in [0.717, 1.165) is 5.56 Å². The van der Waals surface area contributed by atoms with Gasteiger partial charge in [0, 0.05) is 24.3 Å². The first-order valence-electron chi connectivity index (χ1n) is 6.60. The van der Waals surface area contributed by atoms with Crippen molar-refractivity contribution in [1.29, 1.82) is 0 Å². The van der Waals surface area contributed by atoms with Crippen LogP contribution in [0.4, 0.5) is 10.1 Å². The summed E-state index contributed by atoms with van der Waals surface area (Å²) in [7, 11) is 0. The Morgan fingerprint density at radius 2 is 2.05 bits per heavy atom. The molecular formula is C16H16BrFN2O. The molecule has 1 amide bonds. The molecule has 2 N–H and O–H groups in total. The summed E-state index contributed by atoms with van der Waals surface area (Å²) >= 11 is 3.08. The normalized spacial score (nSPS) is 10.4. The van der Waals surface area contributed by atoms with Gasteiger partial charge >= 0.3 is 0 Å². The number of halogens is 2. The second-order valence-corrected chi connectivity index (χ2v) is 5.55. The van der Waals surface area contributed by atoms with Gasteiger partial charge in [-0.05, 0) is 58.7 Å². The third-order valence-electron chi connectivity index (χ3n) is 3.16. The highest BCUT2D eigenvalue weighted by atomic mass is 79.9. The summed E-state index contributed by atoms with van der Waals surface area (Å²) in [4.78, 5) is 14.1. The summed E-state index contributed by atoms with van der Waals surface area (Å²) in [6.45, 7) is 2.86. The molecule has 110 valence electrons. The molecule has 0 aromatic heterocycles. The third-order valence-corrected chi connectivity index (χ3v) is 3.80. The highest BCUT2D eigenvalue weighted by Crippen LogP contribution is 2.18. The topological polar surface area (TPSA) is 46.3 Å². The predicted molar refractivity (Wildman–Crippen MR) is 85.4 cm³/mol. The van der Waals surface area contributed by atoms with E-state index in [4.69, 9.17) is 5.73 Å². The van der Waals surface area contributed by atoms with Gasteiger partial charge in [-0.15, -0.1) is 0 Å². The molecule has 5 heteroatoms. The number of nitrogens with two attached hydrogens (primary N) is 1. The third kappa shape index (κ3) is 3.82. The van der Waals surface area contributed by atoms with Crippen molar-refractivity contribution in [2.24, 2.45) is 0 Å². The van der Waals surface area contributed by atoms with Crippen LogP contribution in [0.15, 0.2) is 46.9 Å². The molecule has 3 nitrogen and oxygen atoms in total. The van der Waals surface area contributed by atoms with Crippen LogP contribution in [0.5, 0.6) is 0 Å². The van der Waals surface area contributed by atoms with Crippen molar-refractivity contribution >= 4 is 27.5 Å². The number of hydrogen-bond donors (Lipinski definition) is 1. The molecule has 0 bridgehead atoms. The van der Waals surface area contributed by atoms with Crippen LogP contribution in [0.2, 0.25) is 0 Å². The number of carbonyl (C=O) groups excluding carboxylic acids is 1. The van der Waals surface area contributed by atoms with Crippen LogP contribution in [0, 0.1) is 5.82 Å². The lowest BCUT2D eigenvalue weighted by Crippen LogP contribution is -2.30. The number of benzene rings is 2. The summed E-state index contributed by atoms with van der Waals surface area (Å²) in [6, 6.07) is 11.8. The number of amides is 1. The lowest BCUT2D eigenvalue weighted by atomic mass is 10.1. The van der Waals surface area contributed by atoms with Crippen molar-refractivity contribution in [2.45, 2.75) is 13.5 Å². The number of nitrogen functional groups attached to an aromatic ring is 1. The zero-order chi connectivity index (χ0) is 15.4. The zero-order valence-electron chi connectivity index (χ0n) is 11.6. The van der Waals surface area contributed by atoms with Gasteiger partial charge in [0.1, 0.15) is 5.82 Å². The van der Waals surface area contributed by atoms with E-state index in [9.17, 15) is 9.18 Å². The van der Waals surface area contributed by atoms with E-state index in [0.29, 0.717) is 28.8 Å². The first kappa shape index (κ1) is 15.5. The van der Waals surface area contributed by atoms with Crippen molar-refractivity contribution in [3.63, 3.8) is 0 Å². The SMILES string of the molecule is CCN(Cc1cccc(N)c1)C(=O)c1ccc(Br)c(F)c1. The lowest BCUT2D eigenvalue weighted by Gasteiger charge is -2.21. The molecule has 0 saturated carbocycles. The maximum Gasteiger partial charge on any atom is 0.254 e. The Kier molecular flexibility index (Phi) is 4.96. The Bertz CT molecular complexity index is 660. The summed E-state index contributed by atoms with van der Waals surface area (Å²) < 4.78 is 13.9. The number of anilines is 1. The molecule has 0 radical (unpaired) electrons. The molecule has 2 aromatic rings. The predicted octanol–water partition coefficient (Wildman–Crippen LogP) is 3.83. The van der Waals surface area contributed by atoms with E-state index in [1.165, 1.54) is 12.1 Å². The molecule has 2 aromatic carbocycles. The molecule has 21 heavy (non-hydrogen) atoms. The monoisotopic (exact) mass is 350 g/mol. The minimum atomic E-state index is -0.444. The van der Waals surface area contributed by atoms with E-state index in [2.05, 4.69) is 15.9 Å². The molecule has 0 heterocycles. The lowest BCUT2D eigenvalue weighted by molar-refractivity contribution is 0.0752. The van der Waals surface area contributed by atoms with Gasteiger partial charge < -0.3 is 10.6 Å². The van der Waals surface area contributed by atoms with Gasteiger partial charge in [-0.2, -0.15) is 0 Å². The molecular weight excluding hydrogens is 335 g/mol. The van der Waals surface area contributed by atoms with E-state index in [1.807, 2.05) is 25.1 Å². The molecule has 0 atom stereocenters. The highest BCUT2D eigenvalue weighted by Gasteiger charge is 2.16. The fourth-order valence-corrected chi connectivity index (χ4v) is 2.30. The first-order valence-corrected chi connectivity index (χ1v) is 7.39. The Hall–Kier alpha value is -1.88. The maximum absolute atomic E-state index is 13.6. The smallest absolute Gasteiger partial charge is 0.254 e. The Morgan fingerprint density at radius 1 is 1.29 bits per heavy atom. The van der Waals surface area contributed by atoms with Crippen LogP contribution in [-0.4, -0.2) is 17.4 Å². The van der Waals surface area contributed by atoms with Crippen LogP contribution in [-0.2, 0) is 6.54 Å². The van der Waals surface area contributed by atoms with Gasteiger partial charge in [0.2, 0.25) is 0 Å². The average molecular weight is 351 g/mol. The Labute approximate surface area is 131 Å². The second-order valence-electron chi connectivity index (χ2n) is 4.69. The summed E-state index contributed by atoms with van der Waals surface area (Å²) in [5.74, 6) is -0.646. The molecule has 0 saturated heterocycles. The molecule has 0 aliphatic rings. The van der Waals surface area contributed by atoms with Gasteiger partial charge in [0.25, 0.3) is 5.91 Å². The number of carbonyl (C=O) groups is 1. The van der Waals surface area contributed by atoms with Gasteiger partial charge in [0.05, 0.1) is 4.47 Å². The molecule has 0 aliphatic heterocycles. The maximum atomic E-state index is 13.6. The number of hydrogen-bond acceptors (Lipinski definition) is 2. The molecule has 0 spiro atoms. The van der Waals surface area contributed by atoms with E-state index < -0.39 is 5.82 Å². The Balaban J connectivity index is 2.20. The second kappa shape index (κ2) is 6.72. The summed E-state index contributed by atoms with van der Waals surface area (Å²) in [6.07, 6.45) is 0.